The van der Waals surface area contributed by atoms with Gasteiger partial charge in [0.25, 0.3) is 0 Å². The zero-order valence-electron chi connectivity index (χ0n) is 28.6. The van der Waals surface area contributed by atoms with Crippen LogP contribution in [0.1, 0.15) is 74.8 Å². The zero-order chi connectivity index (χ0) is 33.1. The van der Waals surface area contributed by atoms with Gasteiger partial charge in [0, 0.05) is 43.3 Å². The van der Waals surface area contributed by atoms with E-state index in [1.807, 2.05) is 113 Å². The van der Waals surface area contributed by atoms with Crippen LogP contribution in [0.25, 0.3) is 22.0 Å². The molecule has 1 aromatic carbocycles. The molecule has 0 saturated carbocycles. The lowest BCUT2D eigenvalue weighted by Gasteiger charge is -2.36. The third kappa shape index (κ3) is 6.70. The van der Waals surface area contributed by atoms with E-state index in [9.17, 15) is 9.59 Å². The molecule has 2 aromatic heterocycles. The number of carbonyl (C=O) groups excluding carboxylic acids is 2. The standard InChI is InChI=1S/C34H47BN4O6/c1-22-25-14-12-23(24-13-15-27(36-21-24)37-16-18-38(19-17-37)29(40)42-31(2,3)4)20-26(25)39(30(41)43-32(5,6)7)28(22)35-44-33(8,9)34(10,11)45-35/h12-15,20-21H,16-19H2,1-11H3. The molecule has 11 heteroatoms. The number of hydrogen-bond acceptors (Lipinski definition) is 8. The summed E-state index contributed by atoms with van der Waals surface area (Å²) < 4.78 is 25.8. The van der Waals surface area contributed by atoms with Gasteiger partial charge in [-0.3, -0.25) is 4.57 Å². The Balaban J connectivity index is 1.43. The molecule has 242 valence electrons. The molecule has 1 amide bonds. The normalized spacial score (nSPS) is 18.4. The highest BCUT2D eigenvalue weighted by molar-refractivity contribution is 6.63. The lowest BCUT2D eigenvalue weighted by Crippen LogP contribution is -2.50. The van der Waals surface area contributed by atoms with Gasteiger partial charge in [0.15, 0.2) is 0 Å². The quantitative estimate of drug-likeness (QED) is 0.323. The number of amides is 1. The highest BCUT2D eigenvalue weighted by Gasteiger charge is 2.54. The van der Waals surface area contributed by atoms with Crippen molar-refractivity contribution in [3.63, 3.8) is 0 Å². The van der Waals surface area contributed by atoms with Crippen molar-refractivity contribution in [2.24, 2.45) is 0 Å². The molecule has 45 heavy (non-hydrogen) atoms. The molecule has 2 aliphatic heterocycles. The minimum absolute atomic E-state index is 0.283. The van der Waals surface area contributed by atoms with Crippen LogP contribution >= 0.6 is 0 Å². The van der Waals surface area contributed by atoms with E-state index >= 15 is 0 Å². The summed E-state index contributed by atoms with van der Waals surface area (Å²) in [5.74, 6) is 0.847. The largest absolute Gasteiger partial charge is 0.513 e. The highest BCUT2D eigenvalue weighted by Crippen LogP contribution is 2.38. The van der Waals surface area contributed by atoms with Crippen molar-refractivity contribution in [1.29, 1.82) is 0 Å². The number of ether oxygens (including phenoxy) is 2. The second-order valence-corrected chi connectivity index (χ2v) is 15.0. The molecule has 2 aliphatic rings. The van der Waals surface area contributed by atoms with Gasteiger partial charge in [-0.15, -0.1) is 0 Å². The van der Waals surface area contributed by atoms with Crippen molar-refractivity contribution in [2.45, 2.75) is 98.6 Å². The number of hydrogen-bond donors (Lipinski definition) is 0. The first kappa shape index (κ1) is 32.8. The maximum absolute atomic E-state index is 13.8. The Morgan fingerprint density at radius 1 is 0.822 bits per heavy atom. The summed E-state index contributed by atoms with van der Waals surface area (Å²) in [5, 5.41) is 0.918. The van der Waals surface area contributed by atoms with Crippen LogP contribution in [0.2, 0.25) is 0 Å². The Bertz CT molecular complexity index is 1580. The fourth-order valence-electron chi connectivity index (χ4n) is 5.58. The predicted octanol–water partition coefficient (Wildman–Crippen LogP) is 6.15. The topological polar surface area (TPSA) is 95.4 Å². The van der Waals surface area contributed by atoms with E-state index in [0.717, 1.165) is 27.9 Å². The highest BCUT2D eigenvalue weighted by atomic mass is 16.7. The summed E-state index contributed by atoms with van der Waals surface area (Å²) >= 11 is 0. The maximum Gasteiger partial charge on any atom is 0.513 e. The summed E-state index contributed by atoms with van der Waals surface area (Å²) in [5.41, 5.74) is 1.74. The third-order valence-corrected chi connectivity index (χ3v) is 8.66. The monoisotopic (exact) mass is 618 g/mol. The molecule has 5 rings (SSSR count). The fourth-order valence-corrected chi connectivity index (χ4v) is 5.58. The van der Waals surface area contributed by atoms with Gasteiger partial charge in [-0.05, 0) is 105 Å². The molecule has 3 aromatic rings. The van der Waals surface area contributed by atoms with Crippen molar-refractivity contribution in [2.75, 3.05) is 31.1 Å². The Hall–Kier alpha value is -3.57. The molecule has 0 N–H and O–H groups in total. The van der Waals surface area contributed by atoms with Gasteiger partial charge in [0.1, 0.15) is 17.0 Å². The Kier molecular flexibility index (Phi) is 8.28. The number of benzene rings is 1. The van der Waals surface area contributed by atoms with E-state index in [4.69, 9.17) is 23.8 Å². The number of anilines is 1. The number of rotatable bonds is 3. The lowest BCUT2D eigenvalue weighted by atomic mass is 9.81. The van der Waals surface area contributed by atoms with Gasteiger partial charge < -0.3 is 28.6 Å². The van der Waals surface area contributed by atoms with Crippen molar-refractivity contribution in [3.8, 4) is 11.1 Å². The van der Waals surface area contributed by atoms with Crippen LogP contribution < -0.4 is 10.5 Å². The van der Waals surface area contributed by atoms with Crippen LogP contribution in [0, 0.1) is 6.92 Å². The summed E-state index contributed by atoms with van der Waals surface area (Å²) in [6, 6.07) is 10.1. The van der Waals surface area contributed by atoms with Crippen molar-refractivity contribution in [3.05, 3.63) is 42.1 Å². The average molecular weight is 619 g/mol. The second-order valence-electron chi connectivity index (χ2n) is 15.0. The van der Waals surface area contributed by atoms with E-state index in [0.29, 0.717) is 37.3 Å². The summed E-state index contributed by atoms with van der Waals surface area (Å²) in [6.45, 7) is 23.6. The first-order valence-corrected chi connectivity index (χ1v) is 15.7. The molecule has 0 bridgehead atoms. The van der Waals surface area contributed by atoms with Crippen molar-refractivity contribution < 1.29 is 28.4 Å². The number of pyridine rings is 1. The molecule has 0 aliphatic carbocycles. The molecule has 2 fully saturated rings. The summed E-state index contributed by atoms with van der Waals surface area (Å²) in [6.07, 6.45) is 1.08. The van der Waals surface area contributed by atoms with Gasteiger partial charge in [-0.2, -0.15) is 0 Å². The van der Waals surface area contributed by atoms with Gasteiger partial charge >= 0.3 is 19.3 Å². The number of fused-ring (bicyclic) bond motifs is 1. The number of carbonyl (C=O) groups is 2. The summed E-state index contributed by atoms with van der Waals surface area (Å²) in [4.78, 5) is 34.9. The number of piperazine rings is 1. The van der Waals surface area contributed by atoms with Crippen LogP contribution in [0.15, 0.2) is 36.5 Å². The van der Waals surface area contributed by atoms with Crippen LogP contribution in [0.3, 0.4) is 0 Å². The number of nitrogens with zero attached hydrogens (tertiary/aromatic N) is 4. The average Bonchev–Trinajstić information content (AvgIpc) is 3.34. The molecule has 10 nitrogen and oxygen atoms in total. The van der Waals surface area contributed by atoms with E-state index < -0.39 is 35.6 Å². The molecule has 0 radical (unpaired) electrons. The first-order valence-electron chi connectivity index (χ1n) is 15.7. The Labute approximate surface area is 267 Å². The van der Waals surface area contributed by atoms with Crippen LogP contribution in [-0.2, 0) is 18.8 Å². The number of aromatic nitrogens is 2. The molecule has 2 saturated heterocycles. The molecule has 0 atom stereocenters. The zero-order valence-corrected chi connectivity index (χ0v) is 28.6. The van der Waals surface area contributed by atoms with Gasteiger partial charge in [0.2, 0.25) is 0 Å². The van der Waals surface area contributed by atoms with Gasteiger partial charge in [0.05, 0.1) is 22.3 Å². The van der Waals surface area contributed by atoms with Crippen molar-refractivity contribution >= 4 is 41.6 Å². The smallest absolute Gasteiger partial charge is 0.444 e. The first-order chi connectivity index (χ1) is 20.8. The SMILES string of the molecule is Cc1c(B2OC(C)(C)C(C)(C)O2)n(C(=O)OC(C)(C)C)c2cc(-c3ccc(N4CCN(C(=O)OC(C)(C)C)CC4)nc3)ccc12. The minimum atomic E-state index is -0.741. The van der Waals surface area contributed by atoms with Crippen molar-refractivity contribution in [1.82, 2.24) is 14.5 Å². The van der Waals surface area contributed by atoms with E-state index in [2.05, 4.69) is 4.90 Å². The van der Waals surface area contributed by atoms with Crippen LogP contribution in [0.4, 0.5) is 15.4 Å². The van der Waals surface area contributed by atoms with E-state index in [1.165, 1.54) is 0 Å². The molecular weight excluding hydrogens is 571 g/mol. The fraction of sp³-hybridized carbons (Fsp3) is 0.559. The van der Waals surface area contributed by atoms with E-state index in [-0.39, 0.29) is 6.09 Å². The molecular formula is C34H47BN4O6. The maximum atomic E-state index is 13.8. The Morgan fingerprint density at radius 3 is 1.91 bits per heavy atom. The summed E-state index contributed by atoms with van der Waals surface area (Å²) in [7, 11) is -0.741. The third-order valence-electron chi connectivity index (χ3n) is 8.66. The number of aryl methyl sites for hydroxylation is 1. The van der Waals surface area contributed by atoms with Gasteiger partial charge in [-0.1, -0.05) is 12.1 Å². The lowest BCUT2D eigenvalue weighted by molar-refractivity contribution is 0.00578. The molecule has 0 spiro atoms. The molecule has 0 unspecified atom stereocenters. The Morgan fingerprint density at radius 2 is 1.38 bits per heavy atom. The van der Waals surface area contributed by atoms with Gasteiger partial charge in [-0.25, -0.2) is 14.6 Å². The predicted molar refractivity (Wildman–Crippen MR) is 177 cm³/mol. The minimum Gasteiger partial charge on any atom is -0.444 e. The molecule has 4 heterocycles. The van der Waals surface area contributed by atoms with Crippen LogP contribution in [0.5, 0.6) is 0 Å². The second kappa shape index (κ2) is 11.3. The van der Waals surface area contributed by atoms with E-state index in [1.54, 1.807) is 9.47 Å². The van der Waals surface area contributed by atoms with Crippen LogP contribution in [-0.4, -0.2) is 82.3 Å².